The molecule has 0 saturated heterocycles. The molecule has 34 heavy (non-hydrogen) atoms. The largest absolute Gasteiger partial charge is 0.416 e. The van der Waals surface area contributed by atoms with Gasteiger partial charge in [0.15, 0.2) is 15.6 Å². The van der Waals surface area contributed by atoms with E-state index >= 15 is 0 Å². The molecule has 0 atom stereocenters. The minimum Gasteiger partial charge on any atom is -0.294 e. The standard InChI is InChI=1S/C25H27F5O3S/c1-15-7-8-17(11-22(15)27)23(31)6-4-5-16-9-18(10-16)24(2,3)34(32,33)21-13-19(25(28,29)30)12-20(26)14-21/h7-8,11-14,16,18H,4-6,9-10H2,1-3H3. The molecule has 2 aromatic rings. The van der Waals surface area contributed by atoms with Crippen LogP contribution in [0.25, 0.3) is 0 Å². The van der Waals surface area contributed by atoms with Crippen molar-refractivity contribution < 1.29 is 35.2 Å². The van der Waals surface area contributed by atoms with Gasteiger partial charge in [-0.05, 0) is 88.1 Å². The molecule has 3 rings (SSSR count). The summed E-state index contributed by atoms with van der Waals surface area (Å²) in [5.41, 5.74) is -0.566. The Bertz CT molecular complexity index is 1180. The third-order valence-electron chi connectivity index (χ3n) is 6.93. The second kappa shape index (κ2) is 9.40. The molecule has 9 heteroatoms. The highest BCUT2D eigenvalue weighted by Crippen LogP contribution is 2.48. The lowest BCUT2D eigenvalue weighted by molar-refractivity contribution is -0.137. The molecule has 0 spiro atoms. The summed E-state index contributed by atoms with van der Waals surface area (Å²) in [5.74, 6) is -1.97. The van der Waals surface area contributed by atoms with Gasteiger partial charge in [0.05, 0.1) is 15.2 Å². The molecule has 0 aliphatic heterocycles. The second-order valence-corrected chi connectivity index (χ2v) is 12.1. The van der Waals surface area contributed by atoms with Crippen molar-refractivity contribution in [1.29, 1.82) is 0 Å². The van der Waals surface area contributed by atoms with Crippen molar-refractivity contribution in [2.24, 2.45) is 11.8 Å². The van der Waals surface area contributed by atoms with Crippen molar-refractivity contribution in [3.8, 4) is 0 Å². The van der Waals surface area contributed by atoms with Crippen LogP contribution in [0.3, 0.4) is 0 Å². The summed E-state index contributed by atoms with van der Waals surface area (Å²) >= 11 is 0. The van der Waals surface area contributed by atoms with Crippen LogP contribution in [0.5, 0.6) is 0 Å². The fourth-order valence-electron chi connectivity index (χ4n) is 4.41. The first kappa shape index (κ1) is 26.3. The van der Waals surface area contributed by atoms with Crippen molar-refractivity contribution in [3.63, 3.8) is 0 Å². The summed E-state index contributed by atoms with van der Waals surface area (Å²) in [4.78, 5) is 11.6. The van der Waals surface area contributed by atoms with Crippen molar-refractivity contribution in [2.75, 3.05) is 0 Å². The second-order valence-electron chi connectivity index (χ2n) is 9.59. The quantitative estimate of drug-likeness (QED) is 0.291. The Labute approximate surface area is 196 Å². The zero-order chi connectivity index (χ0) is 25.5. The molecule has 0 radical (unpaired) electrons. The molecule has 186 valence electrons. The zero-order valence-electron chi connectivity index (χ0n) is 19.2. The molecule has 0 heterocycles. The van der Waals surface area contributed by atoms with Crippen LogP contribution < -0.4 is 0 Å². The number of hydrogen-bond acceptors (Lipinski definition) is 3. The van der Waals surface area contributed by atoms with E-state index < -0.39 is 42.9 Å². The number of rotatable bonds is 8. The van der Waals surface area contributed by atoms with Crippen LogP contribution in [0, 0.1) is 30.4 Å². The van der Waals surface area contributed by atoms with Gasteiger partial charge in [0.1, 0.15) is 11.6 Å². The number of halogens is 5. The van der Waals surface area contributed by atoms with Crippen molar-refractivity contribution in [1.82, 2.24) is 0 Å². The van der Waals surface area contributed by atoms with Gasteiger partial charge in [-0.15, -0.1) is 0 Å². The molecule has 0 bridgehead atoms. The molecule has 3 nitrogen and oxygen atoms in total. The highest BCUT2D eigenvalue weighted by Gasteiger charge is 2.48. The number of ketones is 1. The van der Waals surface area contributed by atoms with Gasteiger partial charge < -0.3 is 0 Å². The fraction of sp³-hybridized carbons (Fsp3) is 0.480. The average Bonchev–Trinajstić information content (AvgIpc) is 2.70. The van der Waals surface area contributed by atoms with Gasteiger partial charge in [0, 0.05) is 12.0 Å². The molecule has 0 amide bonds. The Morgan fingerprint density at radius 2 is 1.68 bits per heavy atom. The summed E-state index contributed by atoms with van der Waals surface area (Å²) in [5, 5.41) is 0. The van der Waals surface area contributed by atoms with Gasteiger partial charge in [0.2, 0.25) is 0 Å². The van der Waals surface area contributed by atoms with Gasteiger partial charge in [-0.3, -0.25) is 4.79 Å². The van der Waals surface area contributed by atoms with E-state index in [0.29, 0.717) is 48.9 Å². The van der Waals surface area contributed by atoms with Crippen LogP contribution in [0.2, 0.25) is 0 Å². The Morgan fingerprint density at radius 1 is 1.03 bits per heavy atom. The maximum atomic E-state index is 13.8. The topological polar surface area (TPSA) is 51.2 Å². The molecular formula is C25H27F5O3S. The van der Waals surface area contributed by atoms with E-state index in [1.165, 1.54) is 19.9 Å². The SMILES string of the molecule is Cc1ccc(C(=O)CCCC2CC(C(C)(C)S(=O)(=O)c3cc(F)cc(C(F)(F)F)c3)C2)cc1F. The predicted octanol–water partition coefficient (Wildman–Crippen LogP) is 6.92. The van der Waals surface area contributed by atoms with Gasteiger partial charge in [-0.1, -0.05) is 12.1 Å². The highest BCUT2D eigenvalue weighted by atomic mass is 32.2. The van der Waals surface area contributed by atoms with E-state index in [9.17, 15) is 35.2 Å². The lowest BCUT2D eigenvalue weighted by Gasteiger charge is -2.45. The minimum atomic E-state index is -4.86. The fourth-order valence-corrected chi connectivity index (χ4v) is 6.19. The van der Waals surface area contributed by atoms with E-state index in [2.05, 4.69) is 0 Å². The van der Waals surface area contributed by atoms with Crippen LogP contribution in [0.4, 0.5) is 22.0 Å². The third-order valence-corrected chi connectivity index (χ3v) is 9.51. The van der Waals surface area contributed by atoms with Crippen molar-refractivity contribution in [2.45, 2.75) is 68.7 Å². The van der Waals surface area contributed by atoms with Gasteiger partial charge in [-0.25, -0.2) is 17.2 Å². The number of carbonyl (C=O) groups excluding carboxylic acids is 1. The van der Waals surface area contributed by atoms with E-state index in [4.69, 9.17) is 0 Å². The Kier molecular flexibility index (Phi) is 7.27. The Balaban J connectivity index is 1.59. The number of hydrogen-bond donors (Lipinski definition) is 0. The van der Waals surface area contributed by atoms with Gasteiger partial charge in [0.25, 0.3) is 0 Å². The van der Waals surface area contributed by atoms with Crippen LogP contribution in [0.15, 0.2) is 41.3 Å². The molecule has 1 aliphatic rings. The van der Waals surface area contributed by atoms with Crippen LogP contribution in [-0.2, 0) is 16.0 Å². The van der Waals surface area contributed by atoms with Crippen LogP contribution >= 0.6 is 0 Å². The third kappa shape index (κ3) is 5.34. The number of sulfone groups is 1. The van der Waals surface area contributed by atoms with Crippen molar-refractivity contribution >= 4 is 15.6 Å². The van der Waals surface area contributed by atoms with E-state index in [1.54, 1.807) is 19.1 Å². The van der Waals surface area contributed by atoms with Gasteiger partial charge >= 0.3 is 6.18 Å². The number of aryl methyl sites for hydroxylation is 1. The number of carbonyl (C=O) groups is 1. The number of Topliss-reactive ketones (excluding diaryl/α,β-unsaturated/α-hetero) is 1. The number of alkyl halides is 3. The van der Waals surface area contributed by atoms with Crippen LogP contribution in [0.1, 0.15) is 67.4 Å². The van der Waals surface area contributed by atoms with Crippen LogP contribution in [-0.4, -0.2) is 18.9 Å². The summed E-state index contributed by atoms with van der Waals surface area (Å²) in [6, 6.07) is 5.75. The van der Waals surface area contributed by atoms with Crippen molar-refractivity contribution in [3.05, 3.63) is 64.7 Å². The summed E-state index contributed by atoms with van der Waals surface area (Å²) in [6.07, 6.45) is -2.28. The Morgan fingerprint density at radius 3 is 2.26 bits per heavy atom. The summed E-state index contributed by atoms with van der Waals surface area (Å²) in [6.45, 7) is 4.52. The lowest BCUT2D eigenvalue weighted by Crippen LogP contribution is -2.46. The molecule has 0 N–H and O–H groups in total. The molecule has 1 aliphatic carbocycles. The predicted molar refractivity (Wildman–Crippen MR) is 118 cm³/mol. The summed E-state index contributed by atoms with van der Waals surface area (Å²) < 4.78 is 91.4. The normalized spacial score (nSPS) is 19.1. The monoisotopic (exact) mass is 502 g/mol. The first-order valence-corrected chi connectivity index (χ1v) is 12.5. The minimum absolute atomic E-state index is 0.163. The summed E-state index contributed by atoms with van der Waals surface area (Å²) in [7, 11) is -4.23. The highest BCUT2D eigenvalue weighted by molar-refractivity contribution is 7.92. The van der Waals surface area contributed by atoms with E-state index in [0.717, 1.165) is 0 Å². The van der Waals surface area contributed by atoms with E-state index in [-0.39, 0.29) is 30.1 Å². The molecule has 0 unspecified atom stereocenters. The average molecular weight is 503 g/mol. The molecule has 1 fully saturated rings. The van der Waals surface area contributed by atoms with E-state index in [1.807, 2.05) is 0 Å². The molecular weight excluding hydrogens is 475 g/mol. The molecule has 2 aromatic carbocycles. The number of benzene rings is 2. The molecule has 0 aromatic heterocycles. The first-order chi connectivity index (χ1) is 15.6. The molecule has 1 saturated carbocycles. The lowest BCUT2D eigenvalue weighted by atomic mass is 9.67. The van der Waals surface area contributed by atoms with Gasteiger partial charge in [-0.2, -0.15) is 13.2 Å². The zero-order valence-corrected chi connectivity index (χ0v) is 20.0. The Hall–Kier alpha value is -2.29. The first-order valence-electron chi connectivity index (χ1n) is 11.0. The maximum absolute atomic E-state index is 13.8. The maximum Gasteiger partial charge on any atom is 0.416 e. The smallest absolute Gasteiger partial charge is 0.294 e.